The first-order valence-electron chi connectivity index (χ1n) is 8.38. The Labute approximate surface area is 131 Å². The summed E-state index contributed by atoms with van der Waals surface area (Å²) in [5, 5.41) is 17.7. The van der Waals surface area contributed by atoms with E-state index in [9.17, 15) is 4.79 Å². The van der Waals surface area contributed by atoms with Crippen molar-refractivity contribution in [3.05, 3.63) is 11.9 Å². The van der Waals surface area contributed by atoms with Gasteiger partial charge in [-0.25, -0.2) is 4.68 Å². The number of nitrogens with zero attached hydrogens (tertiary/aromatic N) is 4. The fourth-order valence-electron chi connectivity index (χ4n) is 3.79. The lowest BCUT2D eigenvalue weighted by molar-refractivity contribution is -0.133. The predicted octanol–water partition coefficient (Wildman–Crippen LogP) is 1.58. The van der Waals surface area contributed by atoms with Crippen LogP contribution in [0.15, 0.2) is 6.20 Å². The number of aliphatic hydroxyl groups is 1. The second kappa shape index (κ2) is 6.36. The molecule has 1 aromatic rings. The molecule has 2 atom stereocenters. The average Bonchev–Trinajstić information content (AvgIpc) is 3.14. The Hall–Kier alpha value is -1.43. The lowest BCUT2D eigenvalue weighted by Gasteiger charge is -2.24. The van der Waals surface area contributed by atoms with Crippen LogP contribution in [0.2, 0.25) is 0 Å². The maximum Gasteiger partial charge on any atom is 0.248 e. The van der Waals surface area contributed by atoms with Gasteiger partial charge in [0, 0.05) is 25.2 Å². The third-order valence-electron chi connectivity index (χ3n) is 5.36. The molecule has 2 aliphatic rings. The molecule has 0 unspecified atom stereocenters. The molecule has 122 valence electrons. The molecule has 0 spiro atoms. The summed E-state index contributed by atoms with van der Waals surface area (Å²) in [5.74, 6) is 1.50. The molecule has 0 radical (unpaired) electrons. The lowest BCUT2D eigenvalue weighted by atomic mass is 9.82. The Balaban J connectivity index is 1.67. The van der Waals surface area contributed by atoms with Gasteiger partial charge in [0.1, 0.15) is 6.61 Å². The predicted molar refractivity (Wildman–Crippen MR) is 82.3 cm³/mol. The molecule has 1 aliphatic carbocycles. The lowest BCUT2D eigenvalue weighted by Crippen LogP contribution is -2.31. The molecule has 22 heavy (non-hydrogen) atoms. The molecule has 0 aromatic carbocycles. The van der Waals surface area contributed by atoms with Crippen LogP contribution >= 0.6 is 0 Å². The van der Waals surface area contributed by atoms with E-state index < -0.39 is 6.61 Å². The summed E-state index contributed by atoms with van der Waals surface area (Å²) >= 11 is 0. The van der Waals surface area contributed by atoms with E-state index in [1.807, 2.05) is 4.68 Å². The number of hydrogen-bond donors (Lipinski definition) is 1. The summed E-state index contributed by atoms with van der Waals surface area (Å²) in [6.45, 7) is 5.33. The molecule has 0 bridgehead atoms. The number of rotatable bonds is 3. The van der Waals surface area contributed by atoms with Gasteiger partial charge in [0.25, 0.3) is 0 Å². The largest absolute Gasteiger partial charge is 0.387 e. The highest BCUT2D eigenvalue weighted by Gasteiger charge is 2.34. The number of aliphatic hydroxyl groups excluding tert-OH is 1. The van der Waals surface area contributed by atoms with Gasteiger partial charge >= 0.3 is 0 Å². The monoisotopic (exact) mass is 306 g/mol. The van der Waals surface area contributed by atoms with Crippen LogP contribution in [0, 0.1) is 11.8 Å². The summed E-state index contributed by atoms with van der Waals surface area (Å²) in [6, 6.07) is 0.166. The highest BCUT2D eigenvalue weighted by atomic mass is 16.3. The first-order chi connectivity index (χ1) is 10.6. The normalized spacial score (nSPS) is 32.4. The first kappa shape index (κ1) is 15.5. The van der Waals surface area contributed by atoms with Crippen LogP contribution in [0.3, 0.4) is 0 Å². The minimum Gasteiger partial charge on any atom is -0.387 e. The zero-order valence-corrected chi connectivity index (χ0v) is 13.5. The molecule has 1 aromatic heterocycles. The van der Waals surface area contributed by atoms with E-state index in [4.69, 9.17) is 5.11 Å². The zero-order valence-electron chi connectivity index (χ0n) is 13.5. The van der Waals surface area contributed by atoms with Crippen molar-refractivity contribution >= 4 is 5.91 Å². The molecular formula is C16H26N4O2. The quantitative estimate of drug-likeness (QED) is 0.920. The summed E-state index contributed by atoms with van der Waals surface area (Å²) < 4.78 is 1.93. The SMILES string of the molecule is CC1CCC(c2cn([C@H]3CN(C(=O)CO)C[C@H]3C)nn2)CC1. The Kier molecular flexibility index (Phi) is 4.47. The number of likely N-dealkylation sites (tertiary alicyclic amines) is 1. The molecule has 2 heterocycles. The first-order valence-corrected chi connectivity index (χ1v) is 8.38. The fraction of sp³-hybridized carbons (Fsp3) is 0.812. The molecule has 2 fully saturated rings. The minimum atomic E-state index is -0.414. The van der Waals surface area contributed by atoms with Crippen LogP contribution in [0.25, 0.3) is 0 Å². The van der Waals surface area contributed by atoms with E-state index in [1.165, 1.54) is 25.7 Å². The van der Waals surface area contributed by atoms with Gasteiger partial charge in [-0.2, -0.15) is 0 Å². The standard InChI is InChI=1S/C16H26N4O2/c1-11-3-5-13(6-4-11)14-8-20(18-17-14)15-9-19(7-12(15)2)16(22)10-21/h8,11-13,15,21H,3-7,9-10H2,1-2H3/t11?,12-,13?,15+/m1/s1. The van der Waals surface area contributed by atoms with Crippen molar-refractivity contribution in [2.45, 2.75) is 51.5 Å². The highest BCUT2D eigenvalue weighted by molar-refractivity contribution is 5.77. The van der Waals surface area contributed by atoms with Crippen molar-refractivity contribution in [3.8, 4) is 0 Å². The average molecular weight is 306 g/mol. The third-order valence-corrected chi connectivity index (χ3v) is 5.36. The van der Waals surface area contributed by atoms with Gasteiger partial charge in [-0.15, -0.1) is 5.10 Å². The smallest absolute Gasteiger partial charge is 0.248 e. The molecule has 1 N–H and O–H groups in total. The van der Waals surface area contributed by atoms with Crippen LogP contribution in [-0.4, -0.2) is 50.6 Å². The van der Waals surface area contributed by atoms with Gasteiger partial charge in [-0.1, -0.05) is 31.9 Å². The van der Waals surface area contributed by atoms with E-state index in [-0.39, 0.29) is 11.9 Å². The molecular weight excluding hydrogens is 280 g/mol. The van der Waals surface area contributed by atoms with Crippen molar-refractivity contribution in [3.63, 3.8) is 0 Å². The molecule has 1 saturated carbocycles. The third kappa shape index (κ3) is 3.02. The van der Waals surface area contributed by atoms with Crippen LogP contribution in [0.1, 0.15) is 57.2 Å². The van der Waals surface area contributed by atoms with Gasteiger partial charge in [0.05, 0.1) is 11.7 Å². The summed E-state index contributed by atoms with van der Waals surface area (Å²) in [7, 11) is 0. The Bertz CT molecular complexity index is 522. The van der Waals surface area contributed by atoms with Gasteiger partial charge in [0.2, 0.25) is 5.91 Å². The number of aromatic nitrogens is 3. The van der Waals surface area contributed by atoms with Crippen molar-refractivity contribution in [1.29, 1.82) is 0 Å². The number of amides is 1. The molecule has 1 amide bonds. The zero-order chi connectivity index (χ0) is 15.7. The Morgan fingerprint density at radius 2 is 2.00 bits per heavy atom. The second-order valence-corrected chi connectivity index (χ2v) is 7.08. The van der Waals surface area contributed by atoms with Crippen LogP contribution in [0.5, 0.6) is 0 Å². The Morgan fingerprint density at radius 3 is 2.68 bits per heavy atom. The van der Waals surface area contributed by atoms with E-state index >= 15 is 0 Å². The summed E-state index contributed by atoms with van der Waals surface area (Å²) in [5.41, 5.74) is 1.10. The van der Waals surface area contributed by atoms with E-state index in [2.05, 4.69) is 30.4 Å². The summed E-state index contributed by atoms with van der Waals surface area (Å²) in [6.07, 6.45) is 7.03. The maximum absolute atomic E-state index is 11.7. The van der Waals surface area contributed by atoms with Gasteiger partial charge in [-0.3, -0.25) is 4.79 Å². The fourth-order valence-corrected chi connectivity index (χ4v) is 3.79. The van der Waals surface area contributed by atoms with Crippen molar-refractivity contribution in [1.82, 2.24) is 19.9 Å². The number of carbonyl (C=O) groups excluding carboxylic acids is 1. The Morgan fingerprint density at radius 1 is 1.27 bits per heavy atom. The van der Waals surface area contributed by atoms with E-state index in [0.717, 1.165) is 11.6 Å². The van der Waals surface area contributed by atoms with Gasteiger partial charge in [-0.05, 0) is 24.7 Å². The molecule has 6 nitrogen and oxygen atoms in total. The van der Waals surface area contributed by atoms with Crippen LogP contribution in [-0.2, 0) is 4.79 Å². The molecule has 1 saturated heterocycles. The van der Waals surface area contributed by atoms with Crippen LogP contribution in [0.4, 0.5) is 0 Å². The number of hydrogen-bond acceptors (Lipinski definition) is 4. The second-order valence-electron chi connectivity index (χ2n) is 7.08. The molecule has 1 aliphatic heterocycles. The number of carbonyl (C=O) groups is 1. The maximum atomic E-state index is 11.7. The molecule has 3 rings (SSSR count). The van der Waals surface area contributed by atoms with E-state index in [1.54, 1.807) is 4.90 Å². The van der Waals surface area contributed by atoms with Gasteiger partial charge < -0.3 is 10.0 Å². The van der Waals surface area contributed by atoms with Crippen molar-refractivity contribution in [2.75, 3.05) is 19.7 Å². The van der Waals surface area contributed by atoms with Crippen molar-refractivity contribution < 1.29 is 9.90 Å². The van der Waals surface area contributed by atoms with Crippen molar-refractivity contribution in [2.24, 2.45) is 11.8 Å². The highest BCUT2D eigenvalue weighted by Crippen LogP contribution is 2.35. The van der Waals surface area contributed by atoms with Gasteiger partial charge in [0.15, 0.2) is 0 Å². The molecule has 6 heteroatoms. The summed E-state index contributed by atoms with van der Waals surface area (Å²) in [4.78, 5) is 13.4. The van der Waals surface area contributed by atoms with E-state index in [0.29, 0.717) is 24.9 Å². The van der Waals surface area contributed by atoms with Crippen LogP contribution < -0.4 is 0 Å². The topological polar surface area (TPSA) is 71.2 Å². The minimum absolute atomic E-state index is 0.166.